The van der Waals surface area contributed by atoms with E-state index >= 15 is 0 Å². The minimum Gasteiger partial charge on any atom is -0.348 e. The second-order valence-electron chi connectivity index (χ2n) is 6.78. The van der Waals surface area contributed by atoms with Crippen LogP contribution in [0.3, 0.4) is 0 Å². The van der Waals surface area contributed by atoms with Crippen molar-refractivity contribution >= 4 is 17.7 Å². The largest absolute Gasteiger partial charge is 0.348 e. The number of amides is 1. The van der Waals surface area contributed by atoms with E-state index in [1.165, 1.54) is 22.9 Å². The normalized spacial score (nSPS) is 17.1. The molecule has 2 atom stereocenters. The molecule has 0 fully saturated rings. The molecule has 0 spiro atoms. The molecule has 0 saturated carbocycles. The molecule has 3 rings (SSSR count). The van der Waals surface area contributed by atoms with Gasteiger partial charge in [0.2, 0.25) is 5.91 Å². The summed E-state index contributed by atoms with van der Waals surface area (Å²) in [4.78, 5) is 17.2. The Bertz CT molecular complexity index is 872. The Hall–Kier alpha value is -2.32. The smallest absolute Gasteiger partial charge is 0.233 e. The molecule has 0 unspecified atom stereocenters. The van der Waals surface area contributed by atoms with Gasteiger partial charge in [-0.1, -0.05) is 36.0 Å². The molecule has 0 bridgehead atoms. The highest BCUT2D eigenvalue weighted by Crippen LogP contribution is 2.31. The number of aromatic nitrogens is 1. The summed E-state index contributed by atoms with van der Waals surface area (Å²) in [6.07, 6.45) is 3.12. The van der Waals surface area contributed by atoms with E-state index in [9.17, 15) is 10.1 Å². The van der Waals surface area contributed by atoms with Crippen molar-refractivity contribution < 1.29 is 4.79 Å². The fraction of sp³-hybridized carbons (Fsp3) is 0.381. The molecule has 2 aromatic rings. The number of hydrogen-bond donors (Lipinski definition) is 1. The molecule has 4 nitrogen and oxygen atoms in total. The highest BCUT2D eigenvalue weighted by atomic mass is 32.2. The van der Waals surface area contributed by atoms with Crippen molar-refractivity contribution in [1.29, 1.82) is 5.26 Å². The average Bonchev–Trinajstić information content (AvgIpc) is 2.61. The first-order valence-electron chi connectivity index (χ1n) is 8.92. The number of nitriles is 1. The fourth-order valence-corrected chi connectivity index (χ4v) is 4.47. The van der Waals surface area contributed by atoms with Crippen LogP contribution in [0, 0.1) is 25.2 Å². The molecule has 0 saturated heterocycles. The van der Waals surface area contributed by atoms with Crippen LogP contribution in [0.25, 0.3) is 0 Å². The van der Waals surface area contributed by atoms with E-state index in [2.05, 4.69) is 34.6 Å². The summed E-state index contributed by atoms with van der Waals surface area (Å²) in [5.74, 6) is -0.0125. The molecule has 1 heterocycles. The lowest BCUT2D eigenvalue weighted by molar-refractivity contribution is -0.121. The predicted molar refractivity (Wildman–Crippen MR) is 104 cm³/mol. The lowest BCUT2D eigenvalue weighted by Crippen LogP contribution is -2.36. The molecule has 0 radical (unpaired) electrons. The molecule has 1 aliphatic rings. The van der Waals surface area contributed by atoms with Crippen molar-refractivity contribution in [2.45, 2.75) is 56.4 Å². The zero-order chi connectivity index (χ0) is 18.7. The maximum atomic E-state index is 12.8. The van der Waals surface area contributed by atoms with Crippen LogP contribution in [0.15, 0.2) is 35.4 Å². The molecular weight excluding hydrogens is 342 g/mol. The molecule has 0 aliphatic heterocycles. The van der Waals surface area contributed by atoms with E-state index in [0.29, 0.717) is 10.6 Å². The minimum atomic E-state index is -0.315. The number of benzene rings is 1. The van der Waals surface area contributed by atoms with Crippen molar-refractivity contribution in [3.8, 4) is 6.07 Å². The van der Waals surface area contributed by atoms with Gasteiger partial charge in [-0.3, -0.25) is 4.79 Å². The number of carbonyl (C=O) groups excluding carboxylic acids is 1. The SMILES string of the molecule is Cc1cc(C)c(C#N)c(S[C@H](C)C(=O)N[C@H]2CCCc3ccccc32)n1. The van der Waals surface area contributed by atoms with Crippen LogP contribution in [0.1, 0.15) is 53.8 Å². The first-order valence-corrected chi connectivity index (χ1v) is 9.80. The van der Waals surface area contributed by atoms with Crippen molar-refractivity contribution in [3.05, 3.63) is 58.3 Å². The second-order valence-corrected chi connectivity index (χ2v) is 8.11. The van der Waals surface area contributed by atoms with Gasteiger partial charge in [0.05, 0.1) is 16.9 Å². The van der Waals surface area contributed by atoms with Crippen LogP contribution in [0.2, 0.25) is 0 Å². The summed E-state index contributed by atoms with van der Waals surface area (Å²) < 4.78 is 0. The van der Waals surface area contributed by atoms with Gasteiger partial charge in [-0.15, -0.1) is 0 Å². The second kappa shape index (κ2) is 7.92. The molecule has 1 aliphatic carbocycles. The maximum Gasteiger partial charge on any atom is 0.233 e. The van der Waals surface area contributed by atoms with Gasteiger partial charge < -0.3 is 5.32 Å². The van der Waals surface area contributed by atoms with Gasteiger partial charge in [0.15, 0.2) is 0 Å². The minimum absolute atomic E-state index is 0.0125. The number of aryl methyl sites for hydroxylation is 3. The quantitative estimate of drug-likeness (QED) is 0.823. The third kappa shape index (κ3) is 3.91. The first-order chi connectivity index (χ1) is 12.5. The van der Waals surface area contributed by atoms with Gasteiger partial charge in [0.25, 0.3) is 0 Å². The van der Waals surface area contributed by atoms with E-state index in [0.717, 1.165) is 30.5 Å². The van der Waals surface area contributed by atoms with E-state index in [1.807, 2.05) is 32.9 Å². The van der Waals surface area contributed by atoms with Gasteiger partial charge in [0.1, 0.15) is 11.1 Å². The van der Waals surface area contributed by atoms with Crippen LogP contribution in [0.5, 0.6) is 0 Å². The van der Waals surface area contributed by atoms with Gasteiger partial charge in [-0.25, -0.2) is 4.98 Å². The van der Waals surface area contributed by atoms with E-state index < -0.39 is 0 Å². The molecule has 1 amide bonds. The van der Waals surface area contributed by atoms with Crippen LogP contribution in [-0.2, 0) is 11.2 Å². The first kappa shape index (κ1) is 18.5. The number of pyridine rings is 1. The fourth-order valence-electron chi connectivity index (χ4n) is 3.44. The maximum absolute atomic E-state index is 12.8. The van der Waals surface area contributed by atoms with Crippen LogP contribution in [0.4, 0.5) is 0 Å². The standard InChI is InChI=1S/C21H23N3OS/c1-13-11-14(2)23-21(18(13)12-22)26-15(3)20(25)24-19-10-6-8-16-7-4-5-9-17(16)19/h4-5,7,9,11,15,19H,6,8,10H2,1-3H3,(H,24,25)/t15-,19+/m1/s1. The zero-order valence-electron chi connectivity index (χ0n) is 15.4. The Morgan fingerprint density at radius 3 is 2.92 bits per heavy atom. The molecule has 1 N–H and O–H groups in total. The molecule has 26 heavy (non-hydrogen) atoms. The zero-order valence-corrected chi connectivity index (χ0v) is 16.2. The molecule has 5 heteroatoms. The van der Waals surface area contributed by atoms with Crippen molar-refractivity contribution in [3.63, 3.8) is 0 Å². The Kier molecular flexibility index (Phi) is 5.63. The summed E-state index contributed by atoms with van der Waals surface area (Å²) in [5, 5.41) is 12.9. The summed E-state index contributed by atoms with van der Waals surface area (Å²) in [5.41, 5.74) is 4.87. The van der Waals surface area contributed by atoms with Gasteiger partial charge in [-0.2, -0.15) is 5.26 Å². The number of nitrogens with one attached hydrogen (secondary N) is 1. The predicted octanol–water partition coefficient (Wildman–Crippen LogP) is 4.24. The molecular formula is C21H23N3OS. The van der Waals surface area contributed by atoms with Crippen molar-refractivity contribution in [1.82, 2.24) is 10.3 Å². The van der Waals surface area contributed by atoms with E-state index in [4.69, 9.17) is 0 Å². The van der Waals surface area contributed by atoms with Gasteiger partial charge in [0, 0.05) is 5.69 Å². The van der Waals surface area contributed by atoms with Crippen molar-refractivity contribution in [2.24, 2.45) is 0 Å². The summed E-state index contributed by atoms with van der Waals surface area (Å²) in [6.45, 7) is 5.68. The van der Waals surface area contributed by atoms with E-state index in [-0.39, 0.29) is 17.2 Å². The average molecular weight is 366 g/mol. The lowest BCUT2D eigenvalue weighted by atomic mass is 9.88. The third-order valence-electron chi connectivity index (χ3n) is 4.77. The topological polar surface area (TPSA) is 65.8 Å². The Balaban J connectivity index is 1.73. The summed E-state index contributed by atoms with van der Waals surface area (Å²) >= 11 is 1.36. The Morgan fingerprint density at radius 1 is 1.38 bits per heavy atom. The Morgan fingerprint density at radius 2 is 2.15 bits per heavy atom. The number of fused-ring (bicyclic) bond motifs is 1. The van der Waals surface area contributed by atoms with Gasteiger partial charge >= 0.3 is 0 Å². The van der Waals surface area contributed by atoms with Gasteiger partial charge in [-0.05, 0) is 62.8 Å². The molecule has 1 aromatic carbocycles. The highest BCUT2D eigenvalue weighted by molar-refractivity contribution is 8.00. The molecule has 134 valence electrons. The monoisotopic (exact) mass is 365 g/mol. The number of rotatable bonds is 4. The van der Waals surface area contributed by atoms with Crippen LogP contribution < -0.4 is 5.32 Å². The summed E-state index contributed by atoms with van der Waals surface area (Å²) in [7, 11) is 0. The van der Waals surface area contributed by atoms with E-state index in [1.54, 1.807) is 0 Å². The van der Waals surface area contributed by atoms with Crippen LogP contribution >= 0.6 is 11.8 Å². The Labute approximate surface area is 159 Å². The van der Waals surface area contributed by atoms with Crippen molar-refractivity contribution in [2.75, 3.05) is 0 Å². The lowest BCUT2D eigenvalue weighted by Gasteiger charge is -2.27. The highest BCUT2D eigenvalue weighted by Gasteiger charge is 2.25. The van der Waals surface area contributed by atoms with Crippen LogP contribution in [-0.4, -0.2) is 16.1 Å². The summed E-state index contributed by atoms with van der Waals surface area (Å²) in [6, 6.07) is 12.5. The number of thioether (sulfide) groups is 1. The number of carbonyl (C=O) groups is 1. The molecule has 1 aromatic heterocycles. The third-order valence-corrected chi connectivity index (χ3v) is 5.85. The number of hydrogen-bond acceptors (Lipinski definition) is 4. The number of nitrogens with zero attached hydrogens (tertiary/aromatic N) is 2.